The van der Waals surface area contributed by atoms with Gasteiger partial charge in [-0.1, -0.05) is 66.2 Å². The van der Waals surface area contributed by atoms with Crippen LogP contribution in [0.3, 0.4) is 0 Å². The molecule has 6 nitrogen and oxygen atoms in total. The van der Waals surface area contributed by atoms with Crippen LogP contribution in [0.15, 0.2) is 73.5 Å². The molecule has 0 aliphatic carbocycles. The van der Waals surface area contributed by atoms with Crippen molar-refractivity contribution >= 4 is 23.2 Å². The largest absolute Gasteiger partial charge is 0.377 e. The summed E-state index contributed by atoms with van der Waals surface area (Å²) in [4.78, 5) is 9.42. The molecule has 140 valence electrons. The Morgan fingerprint density at radius 1 is 1.22 bits per heavy atom. The predicted molar refractivity (Wildman–Crippen MR) is 104 cm³/mol. The lowest BCUT2D eigenvalue weighted by atomic mass is 9.91. The average Bonchev–Trinajstić information content (AvgIpc) is 3.17. The van der Waals surface area contributed by atoms with Gasteiger partial charge in [0.25, 0.3) is 0 Å². The van der Waals surface area contributed by atoms with Crippen molar-refractivity contribution in [2.45, 2.75) is 18.8 Å². The Bertz CT molecular complexity index is 903. The SMILES string of the molecule is C=C(NOCc1ccc(Cl)cc1Cl)C(O)(Cn1cncn1)c1ccccc1. The maximum absolute atomic E-state index is 11.3. The normalized spacial score (nSPS) is 13.1. The van der Waals surface area contributed by atoms with Gasteiger partial charge in [0, 0.05) is 10.0 Å². The molecule has 3 rings (SSSR count). The summed E-state index contributed by atoms with van der Waals surface area (Å²) in [5.74, 6) is 0. The Balaban J connectivity index is 1.73. The van der Waals surface area contributed by atoms with Crippen molar-refractivity contribution in [3.63, 3.8) is 0 Å². The molecule has 27 heavy (non-hydrogen) atoms. The molecule has 0 radical (unpaired) electrons. The summed E-state index contributed by atoms with van der Waals surface area (Å²) in [6.07, 6.45) is 2.93. The summed E-state index contributed by atoms with van der Waals surface area (Å²) in [7, 11) is 0. The van der Waals surface area contributed by atoms with Crippen LogP contribution in [0.2, 0.25) is 10.0 Å². The highest BCUT2D eigenvalue weighted by molar-refractivity contribution is 6.35. The quantitative estimate of drug-likeness (QED) is 0.559. The number of rotatable bonds is 8. The number of hydroxylamine groups is 1. The Morgan fingerprint density at radius 2 is 2.00 bits per heavy atom. The smallest absolute Gasteiger partial charge is 0.150 e. The van der Waals surface area contributed by atoms with Gasteiger partial charge in [0.05, 0.1) is 12.2 Å². The molecule has 8 heteroatoms. The summed E-state index contributed by atoms with van der Waals surface area (Å²) in [6, 6.07) is 14.3. The van der Waals surface area contributed by atoms with E-state index in [9.17, 15) is 5.11 Å². The molecule has 0 spiro atoms. The van der Waals surface area contributed by atoms with Crippen molar-refractivity contribution < 1.29 is 9.94 Å². The number of hydrogen-bond acceptors (Lipinski definition) is 5. The Kier molecular flexibility index (Phi) is 6.13. The number of aliphatic hydroxyl groups is 1. The average molecular weight is 405 g/mol. The maximum atomic E-state index is 11.3. The first-order chi connectivity index (χ1) is 13.0. The van der Waals surface area contributed by atoms with Gasteiger partial charge >= 0.3 is 0 Å². The highest BCUT2D eigenvalue weighted by atomic mass is 35.5. The van der Waals surface area contributed by atoms with Gasteiger partial charge in [0.15, 0.2) is 5.60 Å². The first kappa shape index (κ1) is 19.4. The molecule has 1 unspecified atom stereocenters. The minimum absolute atomic E-state index is 0.119. The molecule has 2 N–H and O–H groups in total. The molecule has 0 bridgehead atoms. The summed E-state index contributed by atoms with van der Waals surface area (Å²) < 4.78 is 1.52. The third kappa shape index (κ3) is 4.67. The van der Waals surface area contributed by atoms with Gasteiger partial charge in [-0.15, -0.1) is 0 Å². The van der Waals surface area contributed by atoms with Crippen molar-refractivity contribution in [3.8, 4) is 0 Å². The van der Waals surface area contributed by atoms with Crippen LogP contribution in [-0.2, 0) is 23.6 Å². The fraction of sp³-hybridized carbons (Fsp3) is 0.158. The molecule has 0 fully saturated rings. The number of halogens is 2. The molecule has 0 aliphatic rings. The third-order valence-corrected chi connectivity index (χ3v) is 4.63. The molecule has 1 heterocycles. The first-order valence-electron chi connectivity index (χ1n) is 8.10. The van der Waals surface area contributed by atoms with Crippen LogP contribution >= 0.6 is 23.2 Å². The zero-order valence-corrected chi connectivity index (χ0v) is 15.9. The van der Waals surface area contributed by atoms with Gasteiger partial charge in [-0.05, 0) is 23.3 Å². The fourth-order valence-corrected chi connectivity index (χ4v) is 3.01. The number of hydrogen-bond donors (Lipinski definition) is 2. The zero-order valence-electron chi connectivity index (χ0n) is 14.3. The summed E-state index contributed by atoms with van der Waals surface area (Å²) in [6.45, 7) is 4.24. The van der Waals surface area contributed by atoms with Crippen LogP contribution in [0.4, 0.5) is 0 Å². The zero-order chi connectivity index (χ0) is 19.3. The third-order valence-electron chi connectivity index (χ3n) is 4.05. The molecular formula is C19H18Cl2N4O2. The summed E-state index contributed by atoms with van der Waals surface area (Å²) in [5.41, 5.74) is 2.92. The predicted octanol–water partition coefficient (Wildman–Crippen LogP) is 3.71. The molecule has 1 aromatic heterocycles. The lowest BCUT2D eigenvalue weighted by Crippen LogP contribution is -2.39. The van der Waals surface area contributed by atoms with E-state index in [4.69, 9.17) is 28.0 Å². The van der Waals surface area contributed by atoms with E-state index in [-0.39, 0.29) is 18.8 Å². The van der Waals surface area contributed by atoms with Crippen LogP contribution in [-0.4, -0.2) is 19.9 Å². The van der Waals surface area contributed by atoms with Crippen molar-refractivity contribution in [2.75, 3.05) is 0 Å². The Morgan fingerprint density at radius 3 is 2.67 bits per heavy atom. The van der Waals surface area contributed by atoms with E-state index < -0.39 is 5.60 Å². The van der Waals surface area contributed by atoms with E-state index in [1.165, 1.54) is 17.3 Å². The highest BCUT2D eigenvalue weighted by Gasteiger charge is 2.34. The number of benzene rings is 2. The van der Waals surface area contributed by atoms with Gasteiger partial charge in [-0.25, -0.2) is 9.67 Å². The Labute approximate surface area is 167 Å². The van der Waals surface area contributed by atoms with Crippen molar-refractivity contribution in [2.24, 2.45) is 0 Å². The molecule has 3 aromatic rings. The van der Waals surface area contributed by atoms with E-state index >= 15 is 0 Å². The second kappa shape index (κ2) is 8.54. The van der Waals surface area contributed by atoms with E-state index in [2.05, 4.69) is 22.1 Å². The lowest BCUT2D eigenvalue weighted by Gasteiger charge is -2.31. The lowest BCUT2D eigenvalue weighted by molar-refractivity contribution is -0.0147. The molecule has 1 atom stereocenters. The van der Waals surface area contributed by atoms with Crippen molar-refractivity contribution in [1.82, 2.24) is 20.2 Å². The van der Waals surface area contributed by atoms with Crippen LogP contribution in [0.5, 0.6) is 0 Å². The molecule has 2 aromatic carbocycles. The topological polar surface area (TPSA) is 72.2 Å². The van der Waals surface area contributed by atoms with Crippen LogP contribution in [0.25, 0.3) is 0 Å². The number of aromatic nitrogens is 3. The van der Waals surface area contributed by atoms with E-state index in [0.717, 1.165) is 5.56 Å². The molecule has 0 amide bonds. The summed E-state index contributed by atoms with van der Waals surface area (Å²) in [5, 5.41) is 16.4. The maximum Gasteiger partial charge on any atom is 0.150 e. The standard InChI is InChI=1S/C19H18Cl2N4O2/c1-14(24-27-10-15-7-8-17(20)9-18(15)21)19(26,11-25-13-22-12-23-25)16-5-3-2-4-6-16/h2-9,12-13,24,26H,1,10-11H2. The molecule has 0 saturated heterocycles. The second-order valence-electron chi connectivity index (χ2n) is 5.92. The monoisotopic (exact) mass is 404 g/mol. The van der Waals surface area contributed by atoms with Gasteiger partial charge < -0.3 is 5.11 Å². The van der Waals surface area contributed by atoms with E-state index in [1.807, 2.05) is 18.2 Å². The van der Waals surface area contributed by atoms with Gasteiger partial charge in [-0.3, -0.25) is 10.3 Å². The van der Waals surface area contributed by atoms with Gasteiger partial charge in [-0.2, -0.15) is 5.10 Å². The number of nitrogens with one attached hydrogen (secondary N) is 1. The van der Waals surface area contributed by atoms with Crippen LogP contribution < -0.4 is 5.48 Å². The van der Waals surface area contributed by atoms with E-state index in [0.29, 0.717) is 15.6 Å². The molecule has 0 saturated carbocycles. The number of nitrogens with zero attached hydrogens (tertiary/aromatic N) is 3. The van der Waals surface area contributed by atoms with Crippen molar-refractivity contribution in [1.29, 1.82) is 0 Å². The minimum Gasteiger partial charge on any atom is -0.377 e. The first-order valence-corrected chi connectivity index (χ1v) is 8.86. The molecule has 0 aliphatic heterocycles. The minimum atomic E-state index is -1.46. The molecular weight excluding hydrogens is 387 g/mol. The van der Waals surface area contributed by atoms with Crippen LogP contribution in [0.1, 0.15) is 11.1 Å². The second-order valence-corrected chi connectivity index (χ2v) is 6.77. The van der Waals surface area contributed by atoms with Gasteiger partial charge in [0.2, 0.25) is 0 Å². The van der Waals surface area contributed by atoms with E-state index in [1.54, 1.807) is 30.3 Å². The van der Waals surface area contributed by atoms with Gasteiger partial charge in [0.1, 0.15) is 19.3 Å². The fourth-order valence-electron chi connectivity index (χ4n) is 2.55. The summed E-state index contributed by atoms with van der Waals surface area (Å²) >= 11 is 12.0. The van der Waals surface area contributed by atoms with Crippen molar-refractivity contribution in [3.05, 3.63) is 94.6 Å². The Hall–Kier alpha value is -2.38. The van der Waals surface area contributed by atoms with Crippen LogP contribution in [0, 0.1) is 0 Å². The highest BCUT2D eigenvalue weighted by Crippen LogP contribution is 2.29.